The Morgan fingerprint density at radius 3 is 2.36 bits per heavy atom. The van der Waals surface area contributed by atoms with Gasteiger partial charge in [-0.25, -0.2) is 13.4 Å². The van der Waals surface area contributed by atoms with E-state index in [9.17, 15) is 21.6 Å². The number of halogens is 3. The van der Waals surface area contributed by atoms with Crippen LogP contribution in [0.3, 0.4) is 0 Å². The maximum absolute atomic E-state index is 12.5. The molecule has 0 unspecified atom stereocenters. The zero-order valence-corrected chi connectivity index (χ0v) is 14.7. The number of hydrogen-bond acceptors (Lipinski definition) is 5. The first-order valence-electron chi connectivity index (χ1n) is 7.63. The van der Waals surface area contributed by atoms with Gasteiger partial charge in [0.15, 0.2) is 5.13 Å². The molecule has 3 rings (SSSR count). The Hall–Kier alpha value is -1.65. The largest absolute Gasteiger partial charge is 0.427 e. The molecule has 5 nitrogen and oxygen atoms in total. The van der Waals surface area contributed by atoms with Crippen LogP contribution in [0.15, 0.2) is 35.4 Å². The summed E-state index contributed by atoms with van der Waals surface area (Å²) in [5.74, 6) is 0. The van der Waals surface area contributed by atoms with E-state index in [1.165, 1.54) is 16.4 Å². The van der Waals surface area contributed by atoms with E-state index in [0.29, 0.717) is 24.4 Å². The lowest BCUT2D eigenvalue weighted by Gasteiger charge is -2.15. The van der Waals surface area contributed by atoms with Gasteiger partial charge in [-0.05, 0) is 30.5 Å². The van der Waals surface area contributed by atoms with Crippen molar-refractivity contribution in [3.63, 3.8) is 0 Å². The van der Waals surface area contributed by atoms with Crippen molar-refractivity contribution in [2.45, 2.75) is 30.5 Å². The number of nitrogens with zero attached hydrogens (tertiary/aromatic N) is 2. The Morgan fingerprint density at radius 1 is 1.16 bits per heavy atom. The standard InChI is InChI=1S/C15H16F3N3O2S2/c16-15(17,18)13-10-20-14(24-13)19-9-11-3-5-12(6-4-11)25(22,23)21-7-1-2-8-21/h3-6,10H,1-2,7-9H2,(H,19,20). The van der Waals surface area contributed by atoms with Crippen molar-refractivity contribution in [3.05, 3.63) is 40.9 Å². The monoisotopic (exact) mass is 391 g/mol. The molecular weight excluding hydrogens is 375 g/mol. The Morgan fingerprint density at radius 2 is 1.80 bits per heavy atom. The molecule has 136 valence electrons. The number of rotatable bonds is 5. The SMILES string of the molecule is O=S(=O)(c1ccc(CNc2ncc(C(F)(F)F)s2)cc1)N1CCCC1. The van der Waals surface area contributed by atoms with Crippen LogP contribution in [0.25, 0.3) is 0 Å². The van der Waals surface area contributed by atoms with Crippen molar-refractivity contribution in [1.29, 1.82) is 0 Å². The summed E-state index contributed by atoms with van der Waals surface area (Å²) in [6.45, 7) is 1.34. The molecule has 0 spiro atoms. The fourth-order valence-electron chi connectivity index (χ4n) is 2.52. The molecule has 1 aliphatic rings. The van der Waals surface area contributed by atoms with Gasteiger partial charge in [0.1, 0.15) is 4.88 Å². The summed E-state index contributed by atoms with van der Waals surface area (Å²) in [5.41, 5.74) is 0.754. The fraction of sp³-hybridized carbons (Fsp3) is 0.400. The van der Waals surface area contributed by atoms with Gasteiger partial charge < -0.3 is 5.32 Å². The van der Waals surface area contributed by atoms with Crippen LogP contribution in [-0.2, 0) is 22.7 Å². The van der Waals surface area contributed by atoms with Crippen LogP contribution in [-0.4, -0.2) is 30.8 Å². The zero-order valence-electron chi connectivity index (χ0n) is 13.1. The smallest absolute Gasteiger partial charge is 0.357 e. The average molecular weight is 391 g/mol. The number of benzene rings is 1. The summed E-state index contributed by atoms with van der Waals surface area (Å²) >= 11 is 0.534. The molecule has 2 aromatic rings. The van der Waals surface area contributed by atoms with Crippen molar-refractivity contribution in [2.24, 2.45) is 0 Å². The first-order chi connectivity index (χ1) is 11.8. The second kappa shape index (κ2) is 6.93. The summed E-state index contributed by atoms with van der Waals surface area (Å²) in [5, 5.41) is 2.98. The van der Waals surface area contributed by atoms with Crippen LogP contribution >= 0.6 is 11.3 Å². The van der Waals surface area contributed by atoms with Gasteiger partial charge in [-0.2, -0.15) is 17.5 Å². The number of thiazole rings is 1. The third-order valence-corrected chi connectivity index (χ3v) is 6.77. The van der Waals surface area contributed by atoms with Crippen molar-refractivity contribution in [3.8, 4) is 0 Å². The minimum atomic E-state index is -4.40. The molecule has 1 aromatic carbocycles. The molecule has 1 saturated heterocycles. The summed E-state index contributed by atoms with van der Waals surface area (Å²) in [6, 6.07) is 6.34. The molecule has 0 atom stereocenters. The van der Waals surface area contributed by atoms with Gasteiger partial charge in [0.2, 0.25) is 10.0 Å². The number of sulfonamides is 1. The first kappa shape index (κ1) is 18.2. The van der Waals surface area contributed by atoms with Crippen molar-refractivity contribution in [1.82, 2.24) is 9.29 Å². The number of anilines is 1. The van der Waals surface area contributed by atoms with E-state index in [4.69, 9.17) is 0 Å². The van der Waals surface area contributed by atoms with Crippen molar-refractivity contribution in [2.75, 3.05) is 18.4 Å². The van der Waals surface area contributed by atoms with Crippen molar-refractivity contribution >= 4 is 26.5 Å². The molecule has 10 heteroatoms. The van der Waals surface area contributed by atoms with E-state index in [1.807, 2.05) is 0 Å². The molecule has 0 amide bonds. The van der Waals surface area contributed by atoms with E-state index >= 15 is 0 Å². The highest BCUT2D eigenvalue weighted by atomic mass is 32.2. The summed E-state index contributed by atoms with van der Waals surface area (Å²) in [7, 11) is -3.46. The molecule has 25 heavy (non-hydrogen) atoms. The van der Waals surface area contributed by atoms with Crippen LogP contribution in [0.2, 0.25) is 0 Å². The lowest BCUT2D eigenvalue weighted by molar-refractivity contribution is -0.134. The van der Waals surface area contributed by atoms with Crippen LogP contribution in [0.5, 0.6) is 0 Å². The van der Waals surface area contributed by atoms with E-state index in [0.717, 1.165) is 24.6 Å². The normalized spacial score (nSPS) is 16.3. The molecule has 2 heterocycles. The van der Waals surface area contributed by atoms with E-state index in [-0.39, 0.29) is 16.6 Å². The average Bonchev–Trinajstić information content (AvgIpc) is 3.24. The Bertz CT molecular complexity index is 826. The Balaban J connectivity index is 1.64. The number of nitrogens with one attached hydrogen (secondary N) is 1. The highest BCUT2D eigenvalue weighted by Crippen LogP contribution is 2.35. The number of aromatic nitrogens is 1. The molecule has 0 bridgehead atoms. The third kappa shape index (κ3) is 4.13. The molecule has 1 aromatic heterocycles. The third-order valence-electron chi connectivity index (χ3n) is 3.85. The Kier molecular flexibility index (Phi) is 5.03. The first-order valence-corrected chi connectivity index (χ1v) is 9.88. The second-order valence-corrected chi connectivity index (χ2v) is 8.60. The minimum absolute atomic E-state index is 0.168. The summed E-state index contributed by atoms with van der Waals surface area (Å²) in [6.07, 6.45) is -1.87. The molecular formula is C15H16F3N3O2S2. The molecule has 1 aliphatic heterocycles. The van der Waals surface area contributed by atoms with Crippen LogP contribution < -0.4 is 5.32 Å². The number of alkyl halides is 3. The highest BCUT2D eigenvalue weighted by Gasteiger charge is 2.33. The van der Waals surface area contributed by atoms with Crippen LogP contribution in [0.1, 0.15) is 23.3 Å². The quantitative estimate of drug-likeness (QED) is 0.847. The van der Waals surface area contributed by atoms with Gasteiger partial charge in [-0.3, -0.25) is 0 Å². The topological polar surface area (TPSA) is 62.3 Å². The fourth-order valence-corrected chi connectivity index (χ4v) is 4.72. The predicted molar refractivity (Wildman–Crippen MR) is 88.9 cm³/mol. The van der Waals surface area contributed by atoms with E-state index < -0.39 is 21.1 Å². The maximum atomic E-state index is 12.5. The van der Waals surface area contributed by atoms with Crippen molar-refractivity contribution < 1.29 is 21.6 Å². The molecule has 1 fully saturated rings. The minimum Gasteiger partial charge on any atom is -0.357 e. The Labute approximate surface area is 147 Å². The van der Waals surface area contributed by atoms with E-state index in [2.05, 4.69) is 10.3 Å². The molecule has 0 aliphatic carbocycles. The second-order valence-electron chi connectivity index (χ2n) is 5.64. The van der Waals surface area contributed by atoms with Gasteiger partial charge in [0, 0.05) is 19.6 Å². The van der Waals surface area contributed by atoms with Crippen LogP contribution in [0.4, 0.5) is 18.3 Å². The maximum Gasteiger partial charge on any atom is 0.427 e. The van der Waals surface area contributed by atoms with Gasteiger partial charge in [-0.1, -0.05) is 23.5 Å². The van der Waals surface area contributed by atoms with Crippen LogP contribution in [0, 0.1) is 0 Å². The summed E-state index contributed by atoms with van der Waals surface area (Å²) in [4.78, 5) is 3.16. The summed E-state index contributed by atoms with van der Waals surface area (Å²) < 4.78 is 63.9. The number of hydrogen-bond donors (Lipinski definition) is 1. The van der Waals surface area contributed by atoms with Gasteiger partial charge in [0.25, 0.3) is 0 Å². The van der Waals surface area contributed by atoms with E-state index in [1.54, 1.807) is 12.1 Å². The van der Waals surface area contributed by atoms with Gasteiger partial charge in [0.05, 0.1) is 11.1 Å². The van der Waals surface area contributed by atoms with Gasteiger partial charge in [-0.15, -0.1) is 0 Å². The lowest BCUT2D eigenvalue weighted by Crippen LogP contribution is -2.27. The lowest BCUT2D eigenvalue weighted by atomic mass is 10.2. The molecule has 0 radical (unpaired) electrons. The zero-order chi connectivity index (χ0) is 18.1. The predicted octanol–water partition coefficient (Wildman–Crippen LogP) is 3.56. The van der Waals surface area contributed by atoms with Gasteiger partial charge >= 0.3 is 6.18 Å². The highest BCUT2D eigenvalue weighted by molar-refractivity contribution is 7.89. The molecule has 1 N–H and O–H groups in total. The molecule has 0 saturated carbocycles.